The predicted molar refractivity (Wildman–Crippen MR) is 97.3 cm³/mol. The van der Waals surface area contributed by atoms with E-state index in [1.165, 1.54) is 4.90 Å². The lowest BCUT2D eigenvalue weighted by Gasteiger charge is -2.34. The lowest BCUT2D eigenvalue weighted by atomic mass is 10.1. The van der Waals surface area contributed by atoms with Crippen molar-refractivity contribution < 1.29 is 31.8 Å². The zero-order valence-corrected chi connectivity index (χ0v) is 15.9. The number of halogens is 5. The molecule has 156 valence electrons. The van der Waals surface area contributed by atoms with Crippen LogP contribution in [0.2, 0.25) is 0 Å². The van der Waals surface area contributed by atoms with Crippen LogP contribution in [0.3, 0.4) is 0 Å². The number of carbonyl (C=O) groups excluding carboxylic acids is 1. The number of nitrogens with zero attached hydrogens (tertiary/aromatic N) is 2. The quantitative estimate of drug-likeness (QED) is 0.424. The molecule has 0 unspecified atom stereocenters. The summed E-state index contributed by atoms with van der Waals surface area (Å²) in [4.78, 5) is 15.8. The molecule has 29 heavy (non-hydrogen) atoms. The van der Waals surface area contributed by atoms with Crippen LogP contribution in [0.4, 0.5) is 17.6 Å². The van der Waals surface area contributed by atoms with Crippen LogP contribution in [0.1, 0.15) is 15.9 Å². The van der Waals surface area contributed by atoms with Gasteiger partial charge < -0.3 is 14.4 Å². The molecule has 0 aromatic heterocycles. The smallest absolute Gasteiger partial charge is 0.257 e. The van der Waals surface area contributed by atoms with E-state index >= 15 is 0 Å². The maximum Gasteiger partial charge on any atom is 0.257 e. The lowest BCUT2D eigenvalue weighted by molar-refractivity contribution is 0.0622. The molecule has 0 spiro atoms. The molecule has 4 rings (SSSR count). The van der Waals surface area contributed by atoms with E-state index in [1.807, 2.05) is 18.2 Å². The van der Waals surface area contributed by atoms with Crippen molar-refractivity contribution in [1.29, 1.82) is 0 Å². The maximum absolute atomic E-state index is 13.9. The molecule has 0 aliphatic carbocycles. The minimum absolute atomic E-state index is 0. The predicted octanol–water partition coefficient (Wildman–Crippen LogP) is 3.35. The third-order valence-electron chi connectivity index (χ3n) is 4.84. The summed E-state index contributed by atoms with van der Waals surface area (Å²) >= 11 is 0. The van der Waals surface area contributed by atoms with E-state index in [4.69, 9.17) is 9.47 Å². The summed E-state index contributed by atoms with van der Waals surface area (Å²) < 4.78 is 64.3. The lowest BCUT2D eigenvalue weighted by Crippen LogP contribution is -2.48. The van der Waals surface area contributed by atoms with E-state index in [9.17, 15) is 22.4 Å². The van der Waals surface area contributed by atoms with Crippen LogP contribution in [-0.2, 0) is 6.54 Å². The topological polar surface area (TPSA) is 42.0 Å². The molecule has 10 heteroatoms. The SMILES string of the molecule is Cl.O=C(c1cc(F)c(F)c(F)c1F)N1CCN(Cc2ccc3c(c2)OCO3)CC1. The Morgan fingerprint density at radius 3 is 2.31 bits per heavy atom. The second kappa shape index (κ2) is 8.46. The molecule has 2 aromatic carbocycles. The summed E-state index contributed by atoms with van der Waals surface area (Å²) in [6.45, 7) is 2.31. The van der Waals surface area contributed by atoms with Gasteiger partial charge in [-0.15, -0.1) is 12.4 Å². The first-order valence-electron chi connectivity index (χ1n) is 8.67. The molecule has 1 amide bonds. The van der Waals surface area contributed by atoms with Crippen molar-refractivity contribution in [2.75, 3.05) is 33.0 Å². The number of fused-ring (bicyclic) bond motifs is 1. The van der Waals surface area contributed by atoms with Gasteiger partial charge in [-0.05, 0) is 23.8 Å². The van der Waals surface area contributed by atoms with Gasteiger partial charge in [-0.25, -0.2) is 17.6 Å². The molecule has 1 saturated heterocycles. The number of hydrogen-bond acceptors (Lipinski definition) is 4. The molecule has 0 saturated carbocycles. The zero-order valence-electron chi connectivity index (χ0n) is 15.1. The van der Waals surface area contributed by atoms with Gasteiger partial charge in [-0.1, -0.05) is 6.07 Å². The summed E-state index contributed by atoms with van der Waals surface area (Å²) in [5.74, 6) is -6.66. The fourth-order valence-corrected chi connectivity index (χ4v) is 3.31. The van der Waals surface area contributed by atoms with E-state index in [0.29, 0.717) is 37.2 Å². The summed E-state index contributed by atoms with van der Waals surface area (Å²) in [7, 11) is 0. The number of piperazine rings is 1. The molecular weight excluding hydrogens is 416 g/mol. The summed E-state index contributed by atoms with van der Waals surface area (Å²) in [6.07, 6.45) is 0. The van der Waals surface area contributed by atoms with Crippen molar-refractivity contribution in [1.82, 2.24) is 9.80 Å². The van der Waals surface area contributed by atoms with Gasteiger partial charge in [0.15, 0.2) is 34.8 Å². The second-order valence-electron chi connectivity index (χ2n) is 6.60. The highest BCUT2D eigenvalue weighted by molar-refractivity contribution is 5.94. The van der Waals surface area contributed by atoms with Gasteiger partial charge in [-0.3, -0.25) is 9.69 Å². The first-order chi connectivity index (χ1) is 13.4. The van der Waals surface area contributed by atoms with E-state index < -0.39 is 34.7 Å². The largest absolute Gasteiger partial charge is 0.454 e. The molecule has 2 aliphatic heterocycles. The molecule has 0 bridgehead atoms. The van der Waals surface area contributed by atoms with Crippen molar-refractivity contribution in [3.05, 3.63) is 58.7 Å². The molecule has 5 nitrogen and oxygen atoms in total. The molecule has 0 N–H and O–H groups in total. The average Bonchev–Trinajstić information content (AvgIpc) is 3.17. The Morgan fingerprint density at radius 1 is 0.897 bits per heavy atom. The Morgan fingerprint density at radius 2 is 1.59 bits per heavy atom. The van der Waals surface area contributed by atoms with E-state index in [1.54, 1.807) is 0 Å². The maximum atomic E-state index is 13.9. The molecule has 2 aromatic rings. The van der Waals surface area contributed by atoms with Gasteiger partial charge >= 0.3 is 0 Å². The number of benzene rings is 2. The number of carbonyl (C=O) groups is 1. The Balaban J connectivity index is 0.00000240. The molecule has 2 heterocycles. The fourth-order valence-electron chi connectivity index (χ4n) is 3.31. The van der Waals surface area contributed by atoms with Crippen LogP contribution in [0.5, 0.6) is 11.5 Å². The first-order valence-corrected chi connectivity index (χ1v) is 8.67. The van der Waals surface area contributed by atoms with Gasteiger partial charge in [0.1, 0.15) is 0 Å². The first kappa shape index (κ1) is 21.2. The van der Waals surface area contributed by atoms with E-state index in [2.05, 4.69) is 4.90 Å². The second-order valence-corrected chi connectivity index (χ2v) is 6.60. The standard InChI is InChI=1S/C19H16F4N2O3.ClH/c20-13-8-12(16(21)18(23)17(13)22)19(26)25-5-3-24(4-6-25)9-11-1-2-14-15(7-11)28-10-27-14;/h1-2,7-8H,3-6,9-10H2;1H. The molecule has 1 fully saturated rings. The van der Waals surface area contributed by atoms with Crippen molar-refractivity contribution in [3.8, 4) is 11.5 Å². The van der Waals surface area contributed by atoms with Crippen LogP contribution in [0.25, 0.3) is 0 Å². The summed E-state index contributed by atoms with van der Waals surface area (Å²) in [6, 6.07) is 6.04. The van der Waals surface area contributed by atoms with Crippen LogP contribution in [-0.4, -0.2) is 48.7 Å². The minimum Gasteiger partial charge on any atom is -0.454 e. The van der Waals surface area contributed by atoms with Crippen LogP contribution in [0.15, 0.2) is 24.3 Å². The third-order valence-corrected chi connectivity index (χ3v) is 4.84. The highest BCUT2D eigenvalue weighted by Crippen LogP contribution is 2.33. The van der Waals surface area contributed by atoms with Crippen molar-refractivity contribution in [3.63, 3.8) is 0 Å². The van der Waals surface area contributed by atoms with Gasteiger partial charge in [0.05, 0.1) is 5.56 Å². The van der Waals surface area contributed by atoms with Crippen LogP contribution < -0.4 is 9.47 Å². The number of rotatable bonds is 3. The highest BCUT2D eigenvalue weighted by atomic mass is 35.5. The normalized spacial score (nSPS) is 15.9. The van der Waals surface area contributed by atoms with Crippen LogP contribution >= 0.6 is 12.4 Å². The van der Waals surface area contributed by atoms with Crippen molar-refractivity contribution >= 4 is 18.3 Å². The Hall–Kier alpha value is -2.52. The van der Waals surface area contributed by atoms with Crippen LogP contribution in [0, 0.1) is 23.3 Å². The molecule has 0 radical (unpaired) electrons. The van der Waals surface area contributed by atoms with Gasteiger partial charge in [0.25, 0.3) is 5.91 Å². The molecular formula is C19H17ClF4N2O3. The van der Waals surface area contributed by atoms with Gasteiger partial charge in [-0.2, -0.15) is 0 Å². The molecule has 2 aliphatic rings. The zero-order chi connectivity index (χ0) is 19.8. The Kier molecular flexibility index (Phi) is 6.18. The monoisotopic (exact) mass is 432 g/mol. The summed E-state index contributed by atoms with van der Waals surface area (Å²) in [5.41, 5.74) is 0.207. The Labute approximate surface area is 170 Å². The number of hydrogen-bond donors (Lipinski definition) is 0. The average molecular weight is 433 g/mol. The van der Waals surface area contributed by atoms with E-state index in [0.717, 1.165) is 5.56 Å². The summed E-state index contributed by atoms with van der Waals surface area (Å²) in [5, 5.41) is 0. The Bertz CT molecular complexity index is 936. The number of ether oxygens (including phenoxy) is 2. The van der Waals surface area contributed by atoms with Crippen molar-refractivity contribution in [2.45, 2.75) is 6.54 Å². The highest BCUT2D eigenvalue weighted by Gasteiger charge is 2.28. The van der Waals surface area contributed by atoms with Gasteiger partial charge in [0.2, 0.25) is 6.79 Å². The minimum atomic E-state index is -1.98. The van der Waals surface area contributed by atoms with Crippen molar-refractivity contribution in [2.24, 2.45) is 0 Å². The fraction of sp³-hybridized carbons (Fsp3) is 0.316. The number of amides is 1. The molecule has 0 atom stereocenters. The van der Waals surface area contributed by atoms with Gasteiger partial charge in [0, 0.05) is 32.7 Å². The third kappa shape index (κ3) is 4.11. The van der Waals surface area contributed by atoms with E-state index in [-0.39, 0.29) is 32.3 Å².